The number of hydrogen-bond acceptors (Lipinski definition) is 4. The van der Waals surface area contributed by atoms with Crippen LogP contribution in [0, 0.1) is 11.3 Å². The summed E-state index contributed by atoms with van der Waals surface area (Å²) in [5.74, 6) is 0.794. The van der Waals surface area contributed by atoms with E-state index in [2.05, 4.69) is 10.1 Å². The predicted molar refractivity (Wildman–Crippen MR) is 72.9 cm³/mol. The van der Waals surface area contributed by atoms with E-state index in [1.165, 1.54) is 19.4 Å². The Balaban J connectivity index is 1.87. The molecular weight excluding hydrogens is 244 g/mol. The fourth-order valence-corrected chi connectivity index (χ4v) is 2.43. The fraction of sp³-hybridized carbons (Fsp3) is 0.846. The first kappa shape index (κ1) is 14.1. The Labute approximate surface area is 114 Å². The van der Waals surface area contributed by atoms with E-state index < -0.39 is 5.41 Å². The molecule has 0 spiro atoms. The smallest absolute Gasteiger partial charge is 0.236 e. The highest BCUT2D eigenvalue weighted by atomic mass is 16.4. The molecule has 2 rings (SSSR count). The number of amidine groups is 1. The van der Waals surface area contributed by atoms with Crippen molar-refractivity contribution in [3.05, 3.63) is 0 Å². The van der Waals surface area contributed by atoms with Crippen LogP contribution in [0.1, 0.15) is 26.7 Å². The highest BCUT2D eigenvalue weighted by Gasteiger charge is 2.37. The molecule has 6 nitrogen and oxygen atoms in total. The van der Waals surface area contributed by atoms with Crippen molar-refractivity contribution in [2.24, 2.45) is 22.2 Å². The van der Waals surface area contributed by atoms with Gasteiger partial charge in [0.2, 0.25) is 5.91 Å². The van der Waals surface area contributed by atoms with Gasteiger partial charge in [-0.2, -0.15) is 0 Å². The molecule has 3 N–H and O–H groups in total. The number of hydrogen-bond donors (Lipinski definition) is 2. The zero-order valence-corrected chi connectivity index (χ0v) is 11.8. The summed E-state index contributed by atoms with van der Waals surface area (Å²) in [5, 5.41) is 11.7. The Bertz CT molecular complexity index is 369. The van der Waals surface area contributed by atoms with Crippen LogP contribution in [0.2, 0.25) is 0 Å². The first-order chi connectivity index (χ1) is 8.95. The van der Waals surface area contributed by atoms with Crippen molar-refractivity contribution < 1.29 is 10.0 Å². The van der Waals surface area contributed by atoms with Gasteiger partial charge >= 0.3 is 0 Å². The summed E-state index contributed by atoms with van der Waals surface area (Å²) in [6.45, 7) is 7.87. The van der Waals surface area contributed by atoms with Gasteiger partial charge in [0, 0.05) is 32.7 Å². The number of nitrogens with zero attached hydrogens (tertiary/aromatic N) is 3. The minimum absolute atomic E-state index is 0.0297. The normalized spacial score (nSPS) is 22.6. The maximum Gasteiger partial charge on any atom is 0.236 e. The van der Waals surface area contributed by atoms with Gasteiger partial charge in [0.15, 0.2) is 5.84 Å². The Kier molecular flexibility index (Phi) is 3.99. The maximum atomic E-state index is 12.4. The number of carbonyl (C=O) groups is 1. The quantitative estimate of drug-likeness (QED) is 0.333. The average molecular weight is 268 g/mol. The number of oxime groups is 1. The second-order valence-electron chi connectivity index (χ2n) is 6.15. The lowest BCUT2D eigenvalue weighted by atomic mass is 9.90. The molecule has 1 aliphatic heterocycles. The molecule has 1 saturated heterocycles. The van der Waals surface area contributed by atoms with Crippen LogP contribution in [0.15, 0.2) is 5.16 Å². The third-order valence-electron chi connectivity index (χ3n) is 4.16. The molecule has 2 aliphatic rings. The van der Waals surface area contributed by atoms with E-state index in [-0.39, 0.29) is 11.7 Å². The molecule has 6 heteroatoms. The van der Waals surface area contributed by atoms with Crippen LogP contribution in [-0.2, 0) is 4.79 Å². The van der Waals surface area contributed by atoms with Gasteiger partial charge in [0.25, 0.3) is 0 Å². The molecule has 0 aromatic carbocycles. The molecule has 1 heterocycles. The zero-order chi connectivity index (χ0) is 14.0. The van der Waals surface area contributed by atoms with Gasteiger partial charge in [0.1, 0.15) is 5.41 Å². The van der Waals surface area contributed by atoms with Gasteiger partial charge < -0.3 is 15.8 Å². The Morgan fingerprint density at radius 2 is 1.89 bits per heavy atom. The Morgan fingerprint density at radius 3 is 2.37 bits per heavy atom. The largest absolute Gasteiger partial charge is 0.409 e. The maximum absolute atomic E-state index is 12.4. The fourth-order valence-electron chi connectivity index (χ4n) is 2.43. The molecule has 0 atom stereocenters. The van der Waals surface area contributed by atoms with E-state index in [9.17, 15) is 4.79 Å². The summed E-state index contributed by atoms with van der Waals surface area (Å²) in [6.07, 6.45) is 2.71. The minimum Gasteiger partial charge on any atom is -0.409 e. The lowest BCUT2D eigenvalue weighted by Gasteiger charge is -2.38. The summed E-state index contributed by atoms with van der Waals surface area (Å²) in [4.78, 5) is 16.6. The van der Waals surface area contributed by atoms with Crippen LogP contribution >= 0.6 is 0 Å². The van der Waals surface area contributed by atoms with Crippen LogP contribution in [0.3, 0.4) is 0 Å². The SMILES string of the molecule is CC(C)(C(=O)N1CCN(CC2CC2)CC1)C(N)=NO. The van der Waals surface area contributed by atoms with Gasteiger partial charge in [-0.25, -0.2) is 0 Å². The summed E-state index contributed by atoms with van der Waals surface area (Å²) < 4.78 is 0. The van der Waals surface area contributed by atoms with E-state index in [1.807, 2.05) is 4.90 Å². The van der Waals surface area contributed by atoms with Crippen molar-refractivity contribution in [1.82, 2.24) is 9.80 Å². The van der Waals surface area contributed by atoms with Crippen molar-refractivity contribution in [3.63, 3.8) is 0 Å². The van der Waals surface area contributed by atoms with Gasteiger partial charge in [-0.05, 0) is 32.6 Å². The average Bonchev–Trinajstić information content (AvgIpc) is 3.21. The first-order valence-corrected chi connectivity index (χ1v) is 6.95. The molecule has 0 aromatic heterocycles. The standard InChI is InChI=1S/C13H24N4O2/c1-13(2,11(14)15-19)12(18)17-7-5-16(6-8-17)9-10-3-4-10/h10,19H,3-9H2,1-2H3,(H2,14,15). The van der Waals surface area contributed by atoms with Crippen molar-refractivity contribution in [1.29, 1.82) is 0 Å². The molecule has 0 radical (unpaired) electrons. The van der Waals surface area contributed by atoms with Gasteiger partial charge in [-0.1, -0.05) is 5.16 Å². The Hall–Kier alpha value is -1.30. The van der Waals surface area contributed by atoms with Crippen LogP contribution in [0.5, 0.6) is 0 Å². The monoisotopic (exact) mass is 268 g/mol. The highest BCUT2D eigenvalue weighted by molar-refractivity contribution is 6.05. The topological polar surface area (TPSA) is 82.2 Å². The van der Waals surface area contributed by atoms with Crippen LogP contribution in [0.25, 0.3) is 0 Å². The summed E-state index contributed by atoms with van der Waals surface area (Å²) >= 11 is 0. The Morgan fingerprint density at radius 1 is 1.32 bits per heavy atom. The number of amides is 1. The number of rotatable bonds is 4. The summed E-state index contributed by atoms with van der Waals surface area (Å²) in [6, 6.07) is 0. The molecule has 0 unspecified atom stereocenters. The molecular formula is C13H24N4O2. The first-order valence-electron chi connectivity index (χ1n) is 6.95. The lowest BCUT2D eigenvalue weighted by molar-refractivity contribution is -0.138. The molecule has 1 amide bonds. The number of piperazine rings is 1. The molecule has 19 heavy (non-hydrogen) atoms. The third kappa shape index (κ3) is 3.18. The second-order valence-corrected chi connectivity index (χ2v) is 6.15. The van der Waals surface area contributed by atoms with Gasteiger partial charge in [-0.15, -0.1) is 0 Å². The molecule has 2 fully saturated rings. The lowest BCUT2D eigenvalue weighted by Crippen LogP contribution is -2.55. The predicted octanol–water partition coefficient (Wildman–Crippen LogP) is 0.313. The summed E-state index contributed by atoms with van der Waals surface area (Å²) in [7, 11) is 0. The highest BCUT2D eigenvalue weighted by Crippen LogP contribution is 2.30. The molecule has 108 valence electrons. The molecule has 0 bridgehead atoms. The zero-order valence-electron chi connectivity index (χ0n) is 11.8. The van der Waals surface area contributed by atoms with E-state index in [0.29, 0.717) is 0 Å². The summed E-state index contributed by atoms with van der Waals surface area (Å²) in [5.41, 5.74) is 4.66. The minimum atomic E-state index is -0.937. The van der Waals surface area contributed by atoms with Crippen LogP contribution in [0.4, 0.5) is 0 Å². The van der Waals surface area contributed by atoms with Crippen molar-refractivity contribution >= 4 is 11.7 Å². The van der Waals surface area contributed by atoms with Crippen LogP contribution < -0.4 is 5.73 Å². The third-order valence-corrected chi connectivity index (χ3v) is 4.16. The van der Waals surface area contributed by atoms with E-state index in [4.69, 9.17) is 10.9 Å². The molecule has 0 aromatic rings. The van der Waals surface area contributed by atoms with Crippen LogP contribution in [-0.4, -0.2) is 59.5 Å². The van der Waals surface area contributed by atoms with E-state index in [0.717, 1.165) is 32.1 Å². The van der Waals surface area contributed by atoms with Gasteiger partial charge in [0.05, 0.1) is 0 Å². The van der Waals surface area contributed by atoms with Crippen molar-refractivity contribution in [3.8, 4) is 0 Å². The van der Waals surface area contributed by atoms with Crippen molar-refractivity contribution in [2.75, 3.05) is 32.7 Å². The number of carbonyl (C=O) groups excluding carboxylic acids is 1. The van der Waals surface area contributed by atoms with Crippen molar-refractivity contribution in [2.45, 2.75) is 26.7 Å². The van der Waals surface area contributed by atoms with E-state index in [1.54, 1.807) is 13.8 Å². The number of nitrogens with two attached hydrogens (primary N) is 1. The molecule has 1 aliphatic carbocycles. The van der Waals surface area contributed by atoms with E-state index >= 15 is 0 Å². The molecule has 1 saturated carbocycles. The van der Waals surface area contributed by atoms with Gasteiger partial charge in [-0.3, -0.25) is 9.69 Å². The second kappa shape index (κ2) is 5.36.